The van der Waals surface area contributed by atoms with Gasteiger partial charge < -0.3 is 15.5 Å². The maximum Gasteiger partial charge on any atom is 0.220 e. The average molecular weight is 420 g/mol. The zero-order valence-corrected chi connectivity index (χ0v) is 19.3. The Kier molecular flexibility index (Phi) is 22.6. The number of nitrogens with one attached hydrogen (secondary N) is 1. The van der Waals surface area contributed by atoms with E-state index in [-0.39, 0.29) is 19.1 Å². The van der Waals surface area contributed by atoms with Gasteiger partial charge in [-0.15, -0.1) is 0 Å². The van der Waals surface area contributed by atoms with Crippen molar-refractivity contribution in [2.24, 2.45) is 0 Å². The van der Waals surface area contributed by atoms with Crippen molar-refractivity contribution in [1.82, 2.24) is 5.32 Å². The molecule has 1 unspecified atom stereocenters. The van der Waals surface area contributed by atoms with Crippen molar-refractivity contribution < 1.29 is 15.0 Å². The number of hydrogen-bond donors (Lipinski definition) is 3. The Hall–Kier alpha value is -1.49. The molecule has 0 aliphatic carbocycles. The summed E-state index contributed by atoms with van der Waals surface area (Å²) >= 11 is 0. The molecular formula is C26H45NO3. The third-order valence-corrected chi connectivity index (χ3v) is 5.10. The fraction of sp³-hybridized carbons (Fsp3) is 0.808. The van der Waals surface area contributed by atoms with Crippen LogP contribution in [0.2, 0.25) is 0 Å². The van der Waals surface area contributed by atoms with Crippen LogP contribution in [0.15, 0.2) is 0 Å². The lowest BCUT2D eigenvalue weighted by Crippen LogP contribution is -2.33. The van der Waals surface area contributed by atoms with E-state index < -0.39 is 6.10 Å². The molecule has 172 valence electrons. The highest BCUT2D eigenvalue weighted by molar-refractivity contribution is 5.75. The Morgan fingerprint density at radius 2 is 1.23 bits per heavy atom. The molecule has 0 saturated heterocycles. The van der Waals surface area contributed by atoms with Crippen molar-refractivity contribution in [1.29, 1.82) is 0 Å². The van der Waals surface area contributed by atoms with Gasteiger partial charge in [0.15, 0.2) is 0 Å². The predicted octanol–water partition coefficient (Wildman–Crippen LogP) is 5.11. The quantitative estimate of drug-likeness (QED) is 0.201. The van der Waals surface area contributed by atoms with Gasteiger partial charge in [0.2, 0.25) is 5.91 Å². The summed E-state index contributed by atoms with van der Waals surface area (Å²) in [5.74, 6) is 12.2. The minimum absolute atomic E-state index is 0.0544. The van der Waals surface area contributed by atoms with Crippen LogP contribution >= 0.6 is 0 Å². The summed E-state index contributed by atoms with van der Waals surface area (Å²) < 4.78 is 0. The van der Waals surface area contributed by atoms with Gasteiger partial charge in [-0.25, -0.2) is 0 Å². The van der Waals surface area contributed by atoms with Crippen molar-refractivity contribution in [3.8, 4) is 23.7 Å². The molecule has 30 heavy (non-hydrogen) atoms. The van der Waals surface area contributed by atoms with Crippen LogP contribution in [0.3, 0.4) is 0 Å². The molecule has 1 amide bonds. The Morgan fingerprint density at radius 1 is 0.767 bits per heavy atom. The van der Waals surface area contributed by atoms with Gasteiger partial charge in [0.05, 0.1) is 12.7 Å². The molecular weight excluding hydrogens is 374 g/mol. The maximum absolute atomic E-state index is 11.5. The maximum atomic E-state index is 11.5. The lowest BCUT2D eigenvalue weighted by atomic mass is 10.1. The second-order valence-corrected chi connectivity index (χ2v) is 8.09. The monoisotopic (exact) mass is 419 g/mol. The second kappa shape index (κ2) is 23.8. The molecule has 3 N–H and O–H groups in total. The lowest BCUT2D eigenvalue weighted by Gasteiger charge is -2.08. The number of unbranched alkanes of at least 4 members (excludes halogenated alkanes) is 14. The number of carbonyl (C=O) groups excluding carboxylic acids is 1. The van der Waals surface area contributed by atoms with Gasteiger partial charge in [-0.3, -0.25) is 4.79 Å². The molecule has 0 bridgehead atoms. The van der Waals surface area contributed by atoms with E-state index in [0.717, 1.165) is 38.5 Å². The van der Waals surface area contributed by atoms with Gasteiger partial charge in [0, 0.05) is 25.8 Å². The van der Waals surface area contributed by atoms with Crippen LogP contribution in [0.1, 0.15) is 116 Å². The van der Waals surface area contributed by atoms with Gasteiger partial charge in [0.1, 0.15) is 0 Å². The Labute approximate surface area is 185 Å². The van der Waals surface area contributed by atoms with Gasteiger partial charge in [-0.2, -0.15) is 0 Å². The Bertz CT molecular complexity index is 510. The molecule has 4 nitrogen and oxygen atoms in total. The van der Waals surface area contributed by atoms with E-state index in [0.29, 0.717) is 6.42 Å². The van der Waals surface area contributed by atoms with Crippen molar-refractivity contribution in [3.05, 3.63) is 0 Å². The van der Waals surface area contributed by atoms with Crippen molar-refractivity contribution in [3.63, 3.8) is 0 Å². The molecule has 0 spiro atoms. The first-order chi connectivity index (χ1) is 14.7. The van der Waals surface area contributed by atoms with Gasteiger partial charge >= 0.3 is 0 Å². The molecule has 0 fully saturated rings. The Morgan fingerprint density at radius 3 is 1.73 bits per heavy atom. The number of rotatable bonds is 19. The van der Waals surface area contributed by atoms with Gasteiger partial charge in [0.25, 0.3) is 0 Å². The highest BCUT2D eigenvalue weighted by Gasteiger charge is 2.05. The summed E-state index contributed by atoms with van der Waals surface area (Å²) in [6.07, 6.45) is 18.7. The average Bonchev–Trinajstić information content (AvgIpc) is 2.76. The molecule has 4 heteroatoms. The normalized spacial score (nSPS) is 11.2. The molecule has 0 aromatic carbocycles. The van der Waals surface area contributed by atoms with Crippen LogP contribution < -0.4 is 5.32 Å². The second-order valence-electron chi connectivity index (χ2n) is 8.09. The molecule has 0 rings (SSSR count). The zero-order chi connectivity index (χ0) is 22.1. The minimum Gasteiger partial charge on any atom is -0.394 e. The topological polar surface area (TPSA) is 69.6 Å². The number of aliphatic hydroxyl groups excluding tert-OH is 2. The molecule has 0 aromatic rings. The van der Waals surface area contributed by atoms with E-state index in [1.807, 2.05) is 0 Å². The van der Waals surface area contributed by atoms with Crippen LogP contribution in [0.5, 0.6) is 0 Å². The third-order valence-electron chi connectivity index (χ3n) is 5.10. The first-order valence-corrected chi connectivity index (χ1v) is 12.2. The SMILES string of the molecule is CCCCCCCCCCC#CC#CCCCCCCCCC(=O)NCC(O)CO. The van der Waals surface area contributed by atoms with Crippen LogP contribution in [-0.4, -0.2) is 35.4 Å². The first kappa shape index (κ1) is 28.5. The van der Waals surface area contributed by atoms with E-state index >= 15 is 0 Å². The molecule has 1 atom stereocenters. The highest BCUT2D eigenvalue weighted by Crippen LogP contribution is 2.09. The fourth-order valence-corrected chi connectivity index (χ4v) is 3.15. The van der Waals surface area contributed by atoms with Crippen LogP contribution in [0.4, 0.5) is 0 Å². The van der Waals surface area contributed by atoms with E-state index in [9.17, 15) is 4.79 Å². The number of amides is 1. The van der Waals surface area contributed by atoms with Crippen LogP contribution in [0.25, 0.3) is 0 Å². The third kappa shape index (κ3) is 22.8. The molecule has 0 radical (unpaired) electrons. The summed E-state index contributed by atoms with van der Waals surface area (Å²) in [6, 6.07) is 0. The summed E-state index contributed by atoms with van der Waals surface area (Å²) in [6.45, 7) is 2.06. The first-order valence-electron chi connectivity index (χ1n) is 12.2. The fourth-order valence-electron chi connectivity index (χ4n) is 3.15. The molecule has 0 aliphatic heterocycles. The van der Waals surface area contributed by atoms with E-state index in [4.69, 9.17) is 10.2 Å². The van der Waals surface area contributed by atoms with Crippen molar-refractivity contribution in [2.45, 2.75) is 122 Å². The summed E-state index contributed by atoms with van der Waals surface area (Å²) in [5, 5.41) is 20.5. The van der Waals surface area contributed by atoms with Crippen molar-refractivity contribution >= 4 is 5.91 Å². The van der Waals surface area contributed by atoms with Crippen LogP contribution in [-0.2, 0) is 4.79 Å². The van der Waals surface area contributed by atoms with Crippen molar-refractivity contribution in [2.75, 3.05) is 13.2 Å². The van der Waals surface area contributed by atoms with E-state index in [2.05, 4.69) is 35.9 Å². The number of aliphatic hydroxyl groups is 2. The smallest absolute Gasteiger partial charge is 0.220 e. The minimum atomic E-state index is -0.863. The van der Waals surface area contributed by atoms with Gasteiger partial charge in [-0.05, 0) is 31.1 Å². The molecule has 0 aliphatic rings. The summed E-state index contributed by atoms with van der Waals surface area (Å²) in [7, 11) is 0. The lowest BCUT2D eigenvalue weighted by molar-refractivity contribution is -0.121. The van der Waals surface area contributed by atoms with E-state index in [1.165, 1.54) is 64.2 Å². The van der Waals surface area contributed by atoms with Gasteiger partial charge in [-0.1, -0.05) is 89.4 Å². The number of hydrogen-bond acceptors (Lipinski definition) is 3. The molecule has 0 heterocycles. The Balaban J connectivity index is 3.34. The predicted molar refractivity (Wildman–Crippen MR) is 126 cm³/mol. The standard InChI is InChI=1S/C26H45NO3/c1-2-3-4-5-6-7-8-9-10-11-12-13-14-15-16-17-18-19-20-21-22-26(30)27-23-25(29)24-28/h25,28-29H,2-10,15-24H2,1H3,(H,27,30). The zero-order valence-electron chi connectivity index (χ0n) is 19.3. The highest BCUT2D eigenvalue weighted by atomic mass is 16.3. The summed E-state index contributed by atoms with van der Waals surface area (Å²) in [5.41, 5.74) is 0. The van der Waals surface area contributed by atoms with E-state index in [1.54, 1.807) is 0 Å². The largest absolute Gasteiger partial charge is 0.394 e. The summed E-state index contributed by atoms with van der Waals surface area (Å²) in [4.78, 5) is 11.5. The van der Waals surface area contributed by atoms with Crippen LogP contribution in [0, 0.1) is 23.7 Å². The number of carbonyl (C=O) groups is 1. The molecule has 0 saturated carbocycles. The molecule has 0 aromatic heterocycles.